The quantitative estimate of drug-likeness (QED) is 0.327. The predicted octanol–water partition coefficient (Wildman–Crippen LogP) is -2.17. The molecule has 0 aromatic heterocycles. The van der Waals surface area contributed by atoms with Crippen LogP contribution in [-0.4, -0.2) is 13.0 Å². The molecule has 4 nitrogen and oxygen atoms in total. The van der Waals surface area contributed by atoms with Gasteiger partial charge in [0.15, 0.2) is 0 Å². The van der Waals surface area contributed by atoms with Gasteiger partial charge in [0.1, 0.15) is 10.1 Å². The maximum absolute atomic E-state index is 10.5. The Morgan fingerprint density at radius 2 is 1.92 bits per heavy atom. The van der Waals surface area contributed by atoms with Gasteiger partial charge in [-0.15, -0.1) is 0 Å². The fraction of sp³-hybridized carbons (Fsp3) is 0. The molecular weight excluding hydrogens is 209 g/mol. The van der Waals surface area contributed by atoms with E-state index in [1.54, 1.807) is 0 Å². The smallest absolute Gasteiger partial charge is 0.744 e. The Balaban J connectivity index is 0.00000144. The molecule has 1 aromatic carbocycles. The van der Waals surface area contributed by atoms with Gasteiger partial charge in [-0.1, -0.05) is 11.6 Å². The largest absolute Gasteiger partial charge is 1.00 e. The van der Waals surface area contributed by atoms with Gasteiger partial charge in [-0.2, -0.15) is 0 Å². The second kappa shape index (κ2) is 4.36. The van der Waals surface area contributed by atoms with Crippen molar-refractivity contribution in [2.45, 2.75) is 4.90 Å². The molecule has 0 unspecified atom stereocenters. The zero-order chi connectivity index (χ0) is 9.35. The summed E-state index contributed by atoms with van der Waals surface area (Å²) in [4.78, 5) is -0.477. The summed E-state index contributed by atoms with van der Waals surface area (Å²) in [6, 6.07) is 3.71. The molecule has 1 aromatic rings. The minimum atomic E-state index is -4.52. The fourth-order valence-corrected chi connectivity index (χ4v) is 1.59. The summed E-state index contributed by atoms with van der Waals surface area (Å²) in [6.07, 6.45) is 0. The molecule has 0 fully saturated rings. The van der Waals surface area contributed by atoms with Crippen LogP contribution in [0.15, 0.2) is 23.1 Å². The van der Waals surface area contributed by atoms with E-state index in [0.717, 1.165) is 6.07 Å². The van der Waals surface area contributed by atoms with Gasteiger partial charge < -0.3 is 10.3 Å². The summed E-state index contributed by atoms with van der Waals surface area (Å²) in [6.45, 7) is 0. The number of nitrogen functional groups attached to an aromatic ring is 1. The average Bonchev–Trinajstić information content (AvgIpc) is 1.92. The molecule has 2 N–H and O–H groups in total. The van der Waals surface area contributed by atoms with E-state index in [1.165, 1.54) is 12.1 Å². The molecule has 0 aliphatic heterocycles. The number of rotatable bonds is 1. The van der Waals surface area contributed by atoms with Crippen molar-refractivity contribution in [1.29, 1.82) is 0 Å². The van der Waals surface area contributed by atoms with E-state index in [-0.39, 0.29) is 29.6 Å². The number of nitrogens with two attached hydrogens (primary N) is 1. The van der Waals surface area contributed by atoms with E-state index in [4.69, 9.17) is 17.3 Å². The van der Waals surface area contributed by atoms with E-state index in [9.17, 15) is 13.0 Å². The number of hydrogen-bond donors (Lipinski definition) is 1. The average molecular weight is 214 g/mol. The monoisotopic (exact) mass is 213 g/mol. The van der Waals surface area contributed by atoms with E-state index in [2.05, 4.69) is 0 Å². The van der Waals surface area contributed by atoms with Crippen molar-refractivity contribution in [3.63, 3.8) is 0 Å². The molecule has 0 bridgehead atoms. The van der Waals surface area contributed by atoms with Crippen LogP contribution in [0.25, 0.3) is 0 Å². The minimum absolute atomic E-state index is 0. The second-order valence-electron chi connectivity index (χ2n) is 2.14. The molecule has 0 saturated carbocycles. The third kappa shape index (κ3) is 3.22. The fourth-order valence-electron chi connectivity index (χ4n) is 0.725. The standard InChI is InChI=1S/C6H6ClNO3S.Li/c7-4-1-2-5(8)6(3-4)12(9,10)11;/h1-3H,8H2,(H,9,10,11);/q;+1/p-1. The topological polar surface area (TPSA) is 83.2 Å². The summed E-state index contributed by atoms with van der Waals surface area (Å²) < 4.78 is 31.5. The molecule has 0 saturated heterocycles. The minimum Gasteiger partial charge on any atom is -0.744 e. The van der Waals surface area contributed by atoms with E-state index in [1.807, 2.05) is 0 Å². The number of benzene rings is 1. The van der Waals surface area contributed by atoms with Crippen molar-refractivity contribution in [3.8, 4) is 0 Å². The number of anilines is 1. The van der Waals surface area contributed by atoms with Crippen LogP contribution in [0.4, 0.5) is 5.69 Å². The Labute approximate surface area is 93.0 Å². The third-order valence-corrected chi connectivity index (χ3v) is 2.37. The summed E-state index contributed by atoms with van der Waals surface area (Å²) in [5.74, 6) is 0. The van der Waals surface area contributed by atoms with Crippen molar-refractivity contribution < 1.29 is 31.8 Å². The third-order valence-electron chi connectivity index (χ3n) is 1.24. The summed E-state index contributed by atoms with van der Waals surface area (Å²) >= 11 is 5.46. The van der Waals surface area contributed by atoms with Crippen molar-refractivity contribution >= 4 is 27.4 Å². The Hall–Kier alpha value is -0.183. The first-order valence-corrected chi connectivity index (χ1v) is 4.71. The molecule has 7 heteroatoms. The van der Waals surface area contributed by atoms with Crippen molar-refractivity contribution in [3.05, 3.63) is 23.2 Å². The SMILES string of the molecule is Nc1ccc(Cl)cc1S(=O)(=O)[O-].[Li+]. The summed E-state index contributed by atoms with van der Waals surface area (Å²) in [5, 5.41) is 0.165. The van der Waals surface area contributed by atoms with Gasteiger partial charge in [-0.05, 0) is 18.2 Å². The van der Waals surface area contributed by atoms with Crippen LogP contribution in [0.3, 0.4) is 0 Å². The number of hydrogen-bond acceptors (Lipinski definition) is 4. The molecule has 13 heavy (non-hydrogen) atoms. The van der Waals surface area contributed by atoms with Crippen molar-refractivity contribution in [1.82, 2.24) is 0 Å². The molecule has 0 spiro atoms. The van der Waals surface area contributed by atoms with Crippen LogP contribution in [-0.2, 0) is 10.1 Å². The Kier molecular flexibility index (Phi) is 4.29. The van der Waals surface area contributed by atoms with Gasteiger partial charge in [-0.25, -0.2) is 8.42 Å². The second-order valence-corrected chi connectivity index (χ2v) is 3.92. The normalized spacial score (nSPS) is 10.6. The molecule has 0 atom stereocenters. The molecule has 0 aliphatic rings. The van der Waals surface area contributed by atoms with Gasteiger partial charge in [0, 0.05) is 10.7 Å². The van der Waals surface area contributed by atoms with Crippen molar-refractivity contribution in [2.75, 3.05) is 5.73 Å². The van der Waals surface area contributed by atoms with E-state index >= 15 is 0 Å². The van der Waals surface area contributed by atoms with Gasteiger partial charge in [0.25, 0.3) is 0 Å². The van der Waals surface area contributed by atoms with E-state index < -0.39 is 15.0 Å². The Bertz CT molecular complexity index is 406. The summed E-state index contributed by atoms with van der Waals surface area (Å²) in [5.41, 5.74) is 5.15. The molecule has 1 rings (SSSR count). The molecular formula is C6H5ClLiNO3S. The van der Waals surface area contributed by atoms with E-state index in [0.29, 0.717) is 0 Å². The Morgan fingerprint density at radius 1 is 1.38 bits per heavy atom. The zero-order valence-electron chi connectivity index (χ0n) is 6.82. The van der Waals surface area contributed by atoms with Crippen molar-refractivity contribution in [2.24, 2.45) is 0 Å². The molecule has 0 radical (unpaired) electrons. The first-order chi connectivity index (χ1) is 5.41. The Morgan fingerprint density at radius 3 is 2.31 bits per heavy atom. The van der Waals surface area contributed by atoms with Crippen LogP contribution in [0, 0.1) is 0 Å². The zero-order valence-corrected chi connectivity index (χ0v) is 8.39. The van der Waals surface area contributed by atoms with Gasteiger partial charge in [0.05, 0.1) is 4.90 Å². The molecule has 0 amide bonds. The molecule has 0 aliphatic carbocycles. The van der Waals surface area contributed by atoms with Crippen LogP contribution < -0.4 is 24.6 Å². The first-order valence-electron chi connectivity index (χ1n) is 2.92. The van der Waals surface area contributed by atoms with Gasteiger partial charge in [-0.3, -0.25) is 0 Å². The van der Waals surface area contributed by atoms with Gasteiger partial charge in [0.2, 0.25) is 0 Å². The summed E-state index contributed by atoms with van der Waals surface area (Å²) in [7, 11) is -4.52. The molecule has 0 heterocycles. The first kappa shape index (κ1) is 12.8. The maximum Gasteiger partial charge on any atom is 1.00 e. The van der Waals surface area contributed by atoms with Crippen LogP contribution in [0.2, 0.25) is 5.02 Å². The maximum atomic E-state index is 10.5. The van der Waals surface area contributed by atoms with Gasteiger partial charge >= 0.3 is 18.9 Å². The van der Waals surface area contributed by atoms with Crippen LogP contribution >= 0.6 is 11.6 Å². The number of halogens is 1. The predicted molar refractivity (Wildman–Crippen MR) is 43.8 cm³/mol. The molecule has 66 valence electrons. The van der Waals surface area contributed by atoms with Crippen LogP contribution in [0.5, 0.6) is 0 Å². The van der Waals surface area contributed by atoms with Crippen LogP contribution in [0.1, 0.15) is 0 Å².